The fourth-order valence-electron chi connectivity index (χ4n) is 2.92. The lowest BCUT2D eigenvalue weighted by atomic mass is 10.2. The van der Waals surface area contributed by atoms with Crippen LogP contribution >= 0.6 is 0 Å². The second-order valence-corrected chi connectivity index (χ2v) is 6.53. The minimum absolute atomic E-state index is 0.0803. The van der Waals surface area contributed by atoms with E-state index in [9.17, 15) is 22.4 Å². The third kappa shape index (κ3) is 4.44. The smallest absolute Gasteiger partial charge is 0.321 e. The predicted octanol–water partition coefficient (Wildman–Crippen LogP) is 3.92. The number of amides is 1. The van der Waals surface area contributed by atoms with Gasteiger partial charge in [0.05, 0.1) is 12.2 Å². The van der Waals surface area contributed by atoms with Gasteiger partial charge in [-0.3, -0.25) is 9.48 Å². The highest BCUT2D eigenvalue weighted by molar-refractivity contribution is 6.03. The Morgan fingerprint density at radius 3 is 2.35 bits per heavy atom. The van der Waals surface area contributed by atoms with Crippen molar-refractivity contribution in [1.82, 2.24) is 24.8 Å². The summed E-state index contributed by atoms with van der Waals surface area (Å²) in [6.07, 6.45) is -1.48. The van der Waals surface area contributed by atoms with Gasteiger partial charge in [0.15, 0.2) is 11.4 Å². The van der Waals surface area contributed by atoms with Crippen LogP contribution < -0.4 is 5.32 Å². The first kappa shape index (κ1) is 20.3. The number of carbonyl (C=O) groups excluding carboxylic acids is 1. The zero-order valence-corrected chi connectivity index (χ0v) is 15.7. The molecule has 158 valence electrons. The molecule has 0 aliphatic heterocycles. The molecule has 4 rings (SSSR count). The normalized spacial score (nSPS) is 11.5. The van der Waals surface area contributed by atoms with Crippen molar-refractivity contribution < 1.29 is 22.4 Å². The second kappa shape index (κ2) is 8.01. The molecule has 0 radical (unpaired) electrons. The van der Waals surface area contributed by atoms with Crippen molar-refractivity contribution in [3.8, 4) is 5.69 Å². The van der Waals surface area contributed by atoms with E-state index in [-0.39, 0.29) is 5.69 Å². The minimum atomic E-state index is -4.92. The molecule has 2 heterocycles. The van der Waals surface area contributed by atoms with Crippen molar-refractivity contribution in [1.29, 1.82) is 0 Å². The highest BCUT2D eigenvalue weighted by Crippen LogP contribution is 2.33. The fourth-order valence-corrected chi connectivity index (χ4v) is 2.92. The monoisotopic (exact) mass is 430 g/mol. The third-order valence-electron chi connectivity index (χ3n) is 4.34. The molecule has 1 amide bonds. The van der Waals surface area contributed by atoms with Crippen LogP contribution in [0.5, 0.6) is 0 Å². The van der Waals surface area contributed by atoms with E-state index in [0.29, 0.717) is 16.9 Å². The van der Waals surface area contributed by atoms with Gasteiger partial charge in [0, 0.05) is 18.1 Å². The highest BCUT2D eigenvalue weighted by Gasteiger charge is 2.42. The molecule has 0 spiro atoms. The Balaban J connectivity index is 1.57. The number of halogens is 4. The molecular formula is C20H14F4N6O. The van der Waals surface area contributed by atoms with E-state index in [1.807, 2.05) is 0 Å². The highest BCUT2D eigenvalue weighted by atomic mass is 19.4. The number of aromatic nitrogens is 5. The van der Waals surface area contributed by atoms with Crippen molar-refractivity contribution >= 4 is 11.6 Å². The molecule has 7 nitrogen and oxygen atoms in total. The SMILES string of the molecule is O=C(Nc1ccc(Cn2cccn2)cc1)c1nnn(-c2ccc(F)cc2)c1C(F)(F)F. The number of nitrogens with zero attached hydrogens (tertiary/aromatic N) is 5. The van der Waals surface area contributed by atoms with Crippen molar-refractivity contribution in [2.24, 2.45) is 0 Å². The van der Waals surface area contributed by atoms with Crippen LogP contribution in [0, 0.1) is 5.82 Å². The van der Waals surface area contributed by atoms with E-state index in [0.717, 1.165) is 29.8 Å². The van der Waals surface area contributed by atoms with Crippen LogP contribution in [0.25, 0.3) is 5.69 Å². The van der Waals surface area contributed by atoms with Crippen molar-refractivity contribution in [2.75, 3.05) is 5.32 Å². The van der Waals surface area contributed by atoms with Crippen LogP contribution in [0.2, 0.25) is 0 Å². The average molecular weight is 430 g/mol. The number of anilines is 1. The van der Waals surface area contributed by atoms with Crippen molar-refractivity contribution in [3.05, 3.63) is 89.8 Å². The average Bonchev–Trinajstić information content (AvgIpc) is 3.40. The summed E-state index contributed by atoms with van der Waals surface area (Å²) in [5.74, 6) is -1.69. The van der Waals surface area contributed by atoms with Gasteiger partial charge in [0.2, 0.25) is 0 Å². The van der Waals surface area contributed by atoms with Gasteiger partial charge < -0.3 is 5.32 Å². The number of hydrogen-bond acceptors (Lipinski definition) is 4. The van der Waals surface area contributed by atoms with Crippen LogP contribution in [0.1, 0.15) is 21.7 Å². The first-order chi connectivity index (χ1) is 14.8. The van der Waals surface area contributed by atoms with Crippen LogP contribution in [0.3, 0.4) is 0 Å². The maximum Gasteiger partial charge on any atom is 0.435 e. The summed E-state index contributed by atoms with van der Waals surface area (Å²) in [7, 11) is 0. The number of rotatable bonds is 5. The van der Waals surface area contributed by atoms with Gasteiger partial charge in [-0.05, 0) is 48.0 Å². The Kier molecular flexibility index (Phi) is 5.24. The zero-order chi connectivity index (χ0) is 22.0. The first-order valence-corrected chi connectivity index (χ1v) is 8.98. The van der Waals surface area contributed by atoms with Crippen LogP contribution in [0.4, 0.5) is 23.2 Å². The molecule has 0 saturated carbocycles. The Labute approximate surface area is 172 Å². The summed E-state index contributed by atoms with van der Waals surface area (Å²) in [6.45, 7) is 0.505. The molecule has 2 aromatic carbocycles. The third-order valence-corrected chi connectivity index (χ3v) is 4.34. The van der Waals surface area contributed by atoms with Gasteiger partial charge in [-0.2, -0.15) is 18.3 Å². The van der Waals surface area contributed by atoms with Crippen molar-refractivity contribution in [2.45, 2.75) is 12.7 Å². The fraction of sp³-hybridized carbons (Fsp3) is 0.100. The van der Waals surface area contributed by atoms with E-state index >= 15 is 0 Å². The van der Waals surface area contributed by atoms with Gasteiger partial charge in [0.25, 0.3) is 5.91 Å². The number of nitrogens with one attached hydrogen (secondary N) is 1. The Bertz CT molecular complexity index is 1180. The molecule has 0 aliphatic rings. The summed E-state index contributed by atoms with van der Waals surface area (Å²) < 4.78 is 56.3. The summed E-state index contributed by atoms with van der Waals surface area (Å²) in [5, 5.41) is 13.4. The van der Waals surface area contributed by atoms with Crippen molar-refractivity contribution in [3.63, 3.8) is 0 Å². The van der Waals surface area contributed by atoms with E-state index in [1.165, 1.54) is 0 Å². The quantitative estimate of drug-likeness (QED) is 0.487. The van der Waals surface area contributed by atoms with Gasteiger partial charge in [-0.15, -0.1) is 5.10 Å². The zero-order valence-electron chi connectivity index (χ0n) is 15.7. The largest absolute Gasteiger partial charge is 0.435 e. The molecule has 0 saturated heterocycles. The van der Waals surface area contributed by atoms with E-state index < -0.39 is 29.3 Å². The standard InChI is InChI=1S/C20H14F4N6O/c21-14-4-8-16(9-5-14)30-18(20(22,23)24)17(27-28-30)19(31)26-15-6-2-13(3-7-15)12-29-11-1-10-25-29/h1-11H,12H2,(H,26,31). The Hall–Kier alpha value is -4.02. The van der Waals surface area contributed by atoms with Gasteiger partial charge >= 0.3 is 6.18 Å². The maximum atomic E-state index is 13.7. The van der Waals surface area contributed by atoms with Gasteiger partial charge in [0.1, 0.15) is 5.82 Å². The molecule has 0 fully saturated rings. The molecule has 1 N–H and O–H groups in total. The molecule has 0 bridgehead atoms. The summed E-state index contributed by atoms with van der Waals surface area (Å²) in [5.41, 5.74) is -1.15. The predicted molar refractivity (Wildman–Crippen MR) is 102 cm³/mol. The second-order valence-electron chi connectivity index (χ2n) is 6.53. The Morgan fingerprint density at radius 2 is 1.74 bits per heavy atom. The number of carbonyl (C=O) groups is 1. The summed E-state index contributed by atoms with van der Waals surface area (Å²) in [6, 6.07) is 12.5. The topological polar surface area (TPSA) is 77.6 Å². The maximum absolute atomic E-state index is 13.7. The van der Waals surface area contributed by atoms with E-state index in [1.54, 1.807) is 47.4 Å². The first-order valence-electron chi connectivity index (χ1n) is 8.98. The molecule has 2 aromatic heterocycles. The van der Waals surface area contributed by atoms with Gasteiger partial charge in [-0.25, -0.2) is 9.07 Å². The van der Waals surface area contributed by atoms with Gasteiger partial charge in [-0.1, -0.05) is 17.3 Å². The molecular weight excluding hydrogens is 416 g/mol. The molecule has 0 unspecified atom stereocenters. The van der Waals surface area contributed by atoms with Crippen LogP contribution in [-0.4, -0.2) is 30.7 Å². The Morgan fingerprint density at radius 1 is 1.03 bits per heavy atom. The minimum Gasteiger partial charge on any atom is -0.321 e. The molecule has 31 heavy (non-hydrogen) atoms. The summed E-state index contributed by atoms with van der Waals surface area (Å²) in [4.78, 5) is 12.5. The molecule has 11 heteroatoms. The summed E-state index contributed by atoms with van der Waals surface area (Å²) >= 11 is 0. The lowest BCUT2D eigenvalue weighted by Gasteiger charge is -2.11. The van der Waals surface area contributed by atoms with Crippen LogP contribution in [0.15, 0.2) is 67.0 Å². The number of benzene rings is 2. The lowest BCUT2D eigenvalue weighted by molar-refractivity contribution is -0.143. The van der Waals surface area contributed by atoms with E-state index in [4.69, 9.17) is 0 Å². The van der Waals surface area contributed by atoms with E-state index in [2.05, 4.69) is 20.7 Å². The van der Waals surface area contributed by atoms with Crippen LogP contribution in [-0.2, 0) is 12.7 Å². The molecule has 4 aromatic rings. The number of hydrogen-bond donors (Lipinski definition) is 1. The molecule has 0 atom stereocenters. The number of alkyl halides is 3. The lowest BCUT2D eigenvalue weighted by Crippen LogP contribution is -2.21. The molecule has 0 aliphatic carbocycles.